The van der Waals surface area contributed by atoms with Gasteiger partial charge < -0.3 is 10.4 Å². The summed E-state index contributed by atoms with van der Waals surface area (Å²) in [4.78, 5) is 10.6. The molecule has 2 heterocycles. The molecule has 0 spiro atoms. The first-order valence-corrected chi connectivity index (χ1v) is 4.24. The van der Waals surface area contributed by atoms with Crippen LogP contribution in [0.5, 0.6) is 0 Å². The molecule has 2 saturated heterocycles. The third kappa shape index (κ3) is 1.72. The first-order chi connectivity index (χ1) is 5.25. The molecule has 2 N–H and O–H groups in total. The van der Waals surface area contributed by atoms with Gasteiger partial charge in [0.25, 0.3) is 0 Å². The molecule has 0 aliphatic carbocycles. The summed E-state index contributed by atoms with van der Waals surface area (Å²) in [5.41, 5.74) is 0. The molecule has 0 unspecified atom stereocenters. The molecule has 2 fully saturated rings. The number of piperidine rings is 1. The van der Waals surface area contributed by atoms with Crippen LogP contribution in [0.3, 0.4) is 0 Å². The van der Waals surface area contributed by atoms with Crippen LogP contribution in [0.15, 0.2) is 0 Å². The predicted molar refractivity (Wildman–Crippen MR) is 47.6 cm³/mol. The average Bonchev–Trinajstić information content (AvgIpc) is 2.30. The van der Waals surface area contributed by atoms with E-state index in [1.165, 1.54) is 12.8 Å². The minimum absolute atomic E-state index is 0. The maximum Gasteiger partial charge on any atom is 0.306 e. The van der Waals surface area contributed by atoms with Crippen molar-refractivity contribution < 1.29 is 9.90 Å². The van der Waals surface area contributed by atoms with Gasteiger partial charge in [-0.15, -0.1) is 12.4 Å². The molecule has 3 nitrogen and oxygen atoms in total. The second kappa shape index (κ2) is 3.62. The zero-order valence-corrected chi connectivity index (χ0v) is 7.64. The van der Waals surface area contributed by atoms with E-state index in [0.29, 0.717) is 12.1 Å². The van der Waals surface area contributed by atoms with E-state index in [4.69, 9.17) is 5.11 Å². The van der Waals surface area contributed by atoms with Gasteiger partial charge in [-0.25, -0.2) is 0 Å². The molecule has 2 aliphatic rings. The minimum atomic E-state index is -0.608. The third-order valence-corrected chi connectivity index (χ3v) is 2.82. The molecule has 12 heavy (non-hydrogen) atoms. The number of carboxylic acids is 1. The molecule has 2 bridgehead atoms. The summed E-state index contributed by atoms with van der Waals surface area (Å²) in [5.74, 6) is -0.683. The Morgan fingerprint density at radius 2 is 1.75 bits per heavy atom. The Hall–Kier alpha value is -0.280. The lowest BCUT2D eigenvalue weighted by Crippen LogP contribution is -2.40. The van der Waals surface area contributed by atoms with Crippen molar-refractivity contribution in [2.45, 2.75) is 37.8 Å². The van der Waals surface area contributed by atoms with E-state index in [-0.39, 0.29) is 18.3 Å². The lowest BCUT2D eigenvalue weighted by molar-refractivity contribution is -0.143. The highest BCUT2D eigenvalue weighted by Crippen LogP contribution is 2.30. The topological polar surface area (TPSA) is 49.3 Å². The van der Waals surface area contributed by atoms with E-state index in [1.54, 1.807) is 0 Å². The molecule has 2 aliphatic heterocycles. The molecule has 0 amide bonds. The second-order valence-electron chi connectivity index (χ2n) is 3.64. The minimum Gasteiger partial charge on any atom is -0.481 e. The van der Waals surface area contributed by atoms with Crippen LogP contribution in [0.4, 0.5) is 0 Å². The zero-order chi connectivity index (χ0) is 7.84. The van der Waals surface area contributed by atoms with Crippen molar-refractivity contribution in [3.63, 3.8) is 0 Å². The standard InChI is InChI=1S/C8H13NO2.ClH/c10-8(11)5-3-6-1-2-7(4-5)9-6;/h5-7,9H,1-4H2,(H,10,11);1H/t5-,6-,7+;. The van der Waals surface area contributed by atoms with E-state index < -0.39 is 5.97 Å². The van der Waals surface area contributed by atoms with Gasteiger partial charge >= 0.3 is 5.97 Å². The van der Waals surface area contributed by atoms with Gasteiger partial charge in [-0.3, -0.25) is 4.79 Å². The predicted octanol–water partition coefficient (Wildman–Crippen LogP) is 1.02. The number of hydrogen-bond acceptors (Lipinski definition) is 2. The van der Waals surface area contributed by atoms with Crippen molar-refractivity contribution >= 4 is 18.4 Å². The number of fused-ring (bicyclic) bond motifs is 2. The molecule has 0 radical (unpaired) electrons. The van der Waals surface area contributed by atoms with Crippen molar-refractivity contribution in [3.05, 3.63) is 0 Å². The van der Waals surface area contributed by atoms with Crippen LogP contribution in [-0.2, 0) is 4.79 Å². The molecule has 2 rings (SSSR count). The fourth-order valence-electron chi connectivity index (χ4n) is 2.26. The van der Waals surface area contributed by atoms with Gasteiger partial charge in [-0.1, -0.05) is 0 Å². The molecule has 0 aromatic heterocycles. The SMILES string of the molecule is Cl.O=C(O)[C@@H]1C[C@H]2CC[C@@H](C1)N2. The quantitative estimate of drug-likeness (QED) is 0.651. The van der Waals surface area contributed by atoms with Crippen molar-refractivity contribution in [1.29, 1.82) is 0 Å². The van der Waals surface area contributed by atoms with Crippen LogP contribution < -0.4 is 5.32 Å². The summed E-state index contributed by atoms with van der Waals surface area (Å²) in [6, 6.07) is 0.990. The number of nitrogens with one attached hydrogen (secondary N) is 1. The van der Waals surface area contributed by atoms with Gasteiger partial charge in [-0.05, 0) is 25.7 Å². The van der Waals surface area contributed by atoms with Gasteiger partial charge in [-0.2, -0.15) is 0 Å². The summed E-state index contributed by atoms with van der Waals surface area (Å²) in [7, 11) is 0. The number of rotatable bonds is 1. The van der Waals surface area contributed by atoms with Crippen LogP contribution in [0.1, 0.15) is 25.7 Å². The Kier molecular flexibility index (Phi) is 2.96. The number of carboxylic acid groups (broad SMARTS) is 1. The fraction of sp³-hybridized carbons (Fsp3) is 0.875. The Bertz CT molecular complexity index is 174. The van der Waals surface area contributed by atoms with Crippen LogP contribution >= 0.6 is 12.4 Å². The van der Waals surface area contributed by atoms with Crippen LogP contribution in [0, 0.1) is 5.92 Å². The second-order valence-corrected chi connectivity index (χ2v) is 3.64. The Morgan fingerprint density at radius 1 is 1.25 bits per heavy atom. The molecule has 70 valence electrons. The lowest BCUT2D eigenvalue weighted by Gasteiger charge is -2.25. The maximum absolute atomic E-state index is 10.6. The first-order valence-electron chi connectivity index (χ1n) is 4.24. The van der Waals surface area contributed by atoms with E-state index in [0.717, 1.165) is 12.8 Å². The van der Waals surface area contributed by atoms with Crippen LogP contribution in [0.2, 0.25) is 0 Å². The molecule has 0 saturated carbocycles. The number of hydrogen-bond donors (Lipinski definition) is 2. The fourth-order valence-corrected chi connectivity index (χ4v) is 2.26. The normalized spacial score (nSPS) is 38.8. The highest BCUT2D eigenvalue weighted by atomic mass is 35.5. The van der Waals surface area contributed by atoms with Gasteiger partial charge in [0.15, 0.2) is 0 Å². The summed E-state index contributed by atoms with van der Waals surface area (Å²) in [5, 5.41) is 12.2. The molecule has 3 atom stereocenters. The summed E-state index contributed by atoms with van der Waals surface area (Å²) in [6.07, 6.45) is 4.03. The summed E-state index contributed by atoms with van der Waals surface area (Å²) < 4.78 is 0. The van der Waals surface area contributed by atoms with Gasteiger partial charge in [0, 0.05) is 12.1 Å². The van der Waals surface area contributed by atoms with E-state index >= 15 is 0 Å². The van der Waals surface area contributed by atoms with E-state index in [1.807, 2.05) is 0 Å². The molecular formula is C8H14ClNO2. The zero-order valence-electron chi connectivity index (χ0n) is 6.82. The highest BCUT2D eigenvalue weighted by Gasteiger charge is 2.36. The molecule has 4 heteroatoms. The number of carbonyl (C=O) groups is 1. The maximum atomic E-state index is 10.6. The van der Waals surface area contributed by atoms with Crippen molar-refractivity contribution in [3.8, 4) is 0 Å². The van der Waals surface area contributed by atoms with Gasteiger partial charge in [0.05, 0.1) is 5.92 Å². The summed E-state index contributed by atoms with van der Waals surface area (Å²) >= 11 is 0. The number of aliphatic carboxylic acids is 1. The molecule has 0 aromatic rings. The van der Waals surface area contributed by atoms with E-state index in [2.05, 4.69) is 5.32 Å². The highest BCUT2D eigenvalue weighted by molar-refractivity contribution is 5.85. The average molecular weight is 192 g/mol. The van der Waals surface area contributed by atoms with Crippen molar-refractivity contribution in [1.82, 2.24) is 5.32 Å². The smallest absolute Gasteiger partial charge is 0.306 e. The van der Waals surface area contributed by atoms with Crippen LogP contribution in [-0.4, -0.2) is 23.2 Å². The van der Waals surface area contributed by atoms with Crippen LogP contribution in [0.25, 0.3) is 0 Å². The largest absolute Gasteiger partial charge is 0.481 e. The summed E-state index contributed by atoms with van der Waals surface area (Å²) in [6.45, 7) is 0. The third-order valence-electron chi connectivity index (χ3n) is 2.82. The first kappa shape index (κ1) is 9.81. The molecule has 0 aromatic carbocycles. The Morgan fingerprint density at radius 3 is 2.17 bits per heavy atom. The lowest BCUT2D eigenvalue weighted by atomic mass is 9.93. The Balaban J connectivity index is 0.000000720. The van der Waals surface area contributed by atoms with Gasteiger partial charge in [0.2, 0.25) is 0 Å². The van der Waals surface area contributed by atoms with Crippen molar-refractivity contribution in [2.75, 3.05) is 0 Å². The monoisotopic (exact) mass is 191 g/mol. The number of halogens is 1. The van der Waals surface area contributed by atoms with Gasteiger partial charge in [0.1, 0.15) is 0 Å². The Labute approximate surface area is 77.9 Å². The molecular weight excluding hydrogens is 178 g/mol. The van der Waals surface area contributed by atoms with Crippen molar-refractivity contribution in [2.24, 2.45) is 5.92 Å². The van der Waals surface area contributed by atoms with E-state index in [9.17, 15) is 4.79 Å².